The first-order valence-electron chi connectivity index (χ1n) is 6.08. The van der Waals surface area contributed by atoms with E-state index in [2.05, 4.69) is 15.5 Å². The van der Waals surface area contributed by atoms with Crippen LogP contribution in [-0.4, -0.2) is 16.0 Å². The van der Waals surface area contributed by atoms with Gasteiger partial charge in [-0.15, -0.1) is 11.3 Å². The van der Waals surface area contributed by atoms with E-state index in [1.807, 2.05) is 23.6 Å². The maximum absolute atomic E-state index is 11.9. The van der Waals surface area contributed by atoms with Crippen LogP contribution >= 0.6 is 22.9 Å². The SMILES string of the molecule is Cc1cc(C(=O)Nc2nc(-c3ccccc3Cl)cs2)no1. The standard InChI is InChI=1S/C14H10ClN3O2S/c1-8-6-11(18-20-8)13(19)17-14-16-12(7-21-14)9-4-2-3-5-10(9)15/h2-7H,1H3,(H,16,17,19). The van der Waals surface area contributed by atoms with Crippen molar-refractivity contribution in [1.29, 1.82) is 0 Å². The van der Waals surface area contributed by atoms with E-state index in [0.717, 1.165) is 11.3 Å². The highest BCUT2D eigenvalue weighted by molar-refractivity contribution is 7.14. The Bertz CT molecular complexity index is 797. The summed E-state index contributed by atoms with van der Waals surface area (Å²) in [5.74, 6) is 0.225. The highest BCUT2D eigenvalue weighted by atomic mass is 35.5. The van der Waals surface area contributed by atoms with Gasteiger partial charge in [-0.05, 0) is 13.0 Å². The summed E-state index contributed by atoms with van der Waals surface area (Å²) in [6.45, 7) is 1.72. The van der Waals surface area contributed by atoms with Crippen molar-refractivity contribution in [3.8, 4) is 11.3 Å². The predicted molar refractivity (Wildman–Crippen MR) is 81.8 cm³/mol. The van der Waals surface area contributed by atoms with Gasteiger partial charge >= 0.3 is 0 Å². The van der Waals surface area contributed by atoms with Crippen LogP contribution in [0.2, 0.25) is 5.02 Å². The lowest BCUT2D eigenvalue weighted by molar-refractivity contribution is 0.101. The number of benzene rings is 1. The van der Waals surface area contributed by atoms with Crippen LogP contribution < -0.4 is 5.32 Å². The minimum atomic E-state index is -0.355. The lowest BCUT2D eigenvalue weighted by Crippen LogP contribution is -2.11. The quantitative estimate of drug-likeness (QED) is 0.792. The first kappa shape index (κ1) is 13.8. The Labute approximate surface area is 129 Å². The molecule has 1 aromatic carbocycles. The van der Waals surface area contributed by atoms with Gasteiger partial charge in [-0.3, -0.25) is 10.1 Å². The number of thiazole rings is 1. The summed E-state index contributed by atoms with van der Waals surface area (Å²) >= 11 is 7.45. The molecule has 106 valence electrons. The third kappa shape index (κ3) is 2.96. The van der Waals surface area contributed by atoms with Gasteiger partial charge in [0.1, 0.15) is 5.76 Å². The molecule has 0 unspecified atom stereocenters. The van der Waals surface area contributed by atoms with Crippen molar-refractivity contribution in [2.45, 2.75) is 6.92 Å². The third-order valence-electron chi connectivity index (χ3n) is 2.74. The molecule has 0 saturated carbocycles. The monoisotopic (exact) mass is 319 g/mol. The summed E-state index contributed by atoms with van der Waals surface area (Å²) in [6, 6.07) is 8.99. The zero-order valence-electron chi connectivity index (χ0n) is 11.0. The molecule has 3 rings (SSSR count). The molecule has 1 amide bonds. The lowest BCUT2D eigenvalue weighted by atomic mass is 10.2. The average Bonchev–Trinajstić information content (AvgIpc) is 3.08. The van der Waals surface area contributed by atoms with Gasteiger partial charge in [0.15, 0.2) is 10.8 Å². The van der Waals surface area contributed by atoms with Crippen molar-refractivity contribution >= 4 is 34.0 Å². The number of nitrogens with one attached hydrogen (secondary N) is 1. The topological polar surface area (TPSA) is 68.0 Å². The van der Waals surface area contributed by atoms with Crippen molar-refractivity contribution < 1.29 is 9.32 Å². The fourth-order valence-corrected chi connectivity index (χ4v) is 2.70. The highest BCUT2D eigenvalue weighted by Gasteiger charge is 2.14. The van der Waals surface area contributed by atoms with Crippen LogP contribution in [-0.2, 0) is 0 Å². The molecule has 0 aliphatic heterocycles. The van der Waals surface area contributed by atoms with Crippen molar-refractivity contribution in [2.24, 2.45) is 0 Å². The molecule has 0 saturated heterocycles. The molecule has 1 N–H and O–H groups in total. The van der Waals surface area contributed by atoms with E-state index in [0.29, 0.717) is 15.9 Å². The Morgan fingerprint density at radius 2 is 2.19 bits per heavy atom. The molecule has 5 nitrogen and oxygen atoms in total. The molecule has 0 fully saturated rings. The van der Waals surface area contributed by atoms with Crippen LogP contribution in [0.1, 0.15) is 16.2 Å². The molecule has 21 heavy (non-hydrogen) atoms. The number of hydrogen-bond acceptors (Lipinski definition) is 5. The van der Waals surface area contributed by atoms with Crippen LogP contribution in [0.5, 0.6) is 0 Å². The van der Waals surface area contributed by atoms with Crippen LogP contribution in [0, 0.1) is 6.92 Å². The molecule has 0 aliphatic rings. The first-order valence-corrected chi connectivity index (χ1v) is 7.34. The van der Waals surface area contributed by atoms with E-state index in [-0.39, 0.29) is 11.6 Å². The average molecular weight is 320 g/mol. The molecular weight excluding hydrogens is 310 g/mol. The number of aryl methyl sites for hydroxylation is 1. The molecule has 0 atom stereocenters. The van der Waals surface area contributed by atoms with Crippen LogP contribution in [0.15, 0.2) is 40.2 Å². The Hall–Kier alpha value is -2.18. The molecule has 0 spiro atoms. The van der Waals surface area contributed by atoms with E-state index >= 15 is 0 Å². The minimum absolute atomic E-state index is 0.224. The zero-order valence-corrected chi connectivity index (χ0v) is 12.5. The number of nitrogens with zero attached hydrogens (tertiary/aromatic N) is 2. The number of carbonyl (C=O) groups excluding carboxylic acids is 1. The Balaban J connectivity index is 1.80. The second-order valence-electron chi connectivity index (χ2n) is 4.29. The van der Waals surface area contributed by atoms with E-state index in [9.17, 15) is 4.79 Å². The van der Waals surface area contributed by atoms with E-state index in [1.54, 1.807) is 19.1 Å². The fourth-order valence-electron chi connectivity index (χ4n) is 1.76. The van der Waals surface area contributed by atoms with Gasteiger partial charge in [-0.2, -0.15) is 0 Å². The number of aromatic nitrogens is 2. The number of halogens is 1. The predicted octanol–water partition coefficient (Wildman–Crippen LogP) is 4.01. The van der Waals surface area contributed by atoms with Crippen molar-refractivity contribution in [2.75, 3.05) is 5.32 Å². The van der Waals surface area contributed by atoms with E-state index in [4.69, 9.17) is 16.1 Å². The number of amides is 1. The fraction of sp³-hybridized carbons (Fsp3) is 0.0714. The number of hydrogen-bond donors (Lipinski definition) is 1. The van der Waals surface area contributed by atoms with Crippen LogP contribution in [0.3, 0.4) is 0 Å². The largest absolute Gasteiger partial charge is 0.361 e. The van der Waals surface area contributed by atoms with Gasteiger partial charge in [0.2, 0.25) is 0 Å². The molecule has 3 aromatic rings. The molecular formula is C14H10ClN3O2S. The van der Waals surface area contributed by atoms with Crippen molar-refractivity contribution in [3.63, 3.8) is 0 Å². The molecule has 2 aromatic heterocycles. The Kier molecular flexibility index (Phi) is 3.72. The summed E-state index contributed by atoms with van der Waals surface area (Å²) in [5.41, 5.74) is 1.77. The lowest BCUT2D eigenvalue weighted by Gasteiger charge is -1.99. The van der Waals surface area contributed by atoms with Gasteiger partial charge in [0.25, 0.3) is 5.91 Å². The molecule has 0 aliphatic carbocycles. The van der Waals surface area contributed by atoms with Gasteiger partial charge in [0.05, 0.1) is 5.69 Å². The van der Waals surface area contributed by atoms with E-state index < -0.39 is 0 Å². The van der Waals surface area contributed by atoms with Gasteiger partial charge in [-0.1, -0.05) is 35.0 Å². The molecule has 0 bridgehead atoms. The summed E-state index contributed by atoms with van der Waals surface area (Å²) in [5, 5.41) is 9.28. The normalized spacial score (nSPS) is 10.6. The van der Waals surface area contributed by atoms with E-state index in [1.165, 1.54) is 11.3 Å². The third-order valence-corrected chi connectivity index (χ3v) is 3.82. The number of rotatable bonds is 3. The van der Waals surface area contributed by atoms with Crippen molar-refractivity contribution in [1.82, 2.24) is 10.1 Å². The summed E-state index contributed by atoms with van der Waals surface area (Å²) in [6.07, 6.45) is 0. The first-order chi connectivity index (χ1) is 10.1. The maximum atomic E-state index is 11.9. The van der Waals surface area contributed by atoms with Gasteiger partial charge < -0.3 is 4.52 Å². The Morgan fingerprint density at radius 1 is 1.38 bits per heavy atom. The zero-order chi connectivity index (χ0) is 14.8. The molecule has 2 heterocycles. The van der Waals surface area contributed by atoms with Crippen LogP contribution in [0.25, 0.3) is 11.3 Å². The number of anilines is 1. The maximum Gasteiger partial charge on any atom is 0.279 e. The summed E-state index contributed by atoms with van der Waals surface area (Å²) in [4.78, 5) is 16.3. The second-order valence-corrected chi connectivity index (χ2v) is 5.56. The molecule has 0 radical (unpaired) electrons. The van der Waals surface area contributed by atoms with Gasteiger partial charge in [-0.25, -0.2) is 4.98 Å². The molecule has 7 heteroatoms. The minimum Gasteiger partial charge on any atom is -0.361 e. The van der Waals surface area contributed by atoms with Crippen LogP contribution in [0.4, 0.5) is 5.13 Å². The second kappa shape index (κ2) is 5.67. The smallest absolute Gasteiger partial charge is 0.279 e. The summed E-state index contributed by atoms with van der Waals surface area (Å²) < 4.78 is 4.87. The highest BCUT2D eigenvalue weighted by Crippen LogP contribution is 2.30. The Morgan fingerprint density at radius 3 is 2.90 bits per heavy atom. The summed E-state index contributed by atoms with van der Waals surface area (Å²) in [7, 11) is 0. The van der Waals surface area contributed by atoms with Gasteiger partial charge in [0, 0.05) is 22.0 Å². The van der Waals surface area contributed by atoms with Crippen molar-refractivity contribution in [3.05, 3.63) is 52.2 Å². The number of carbonyl (C=O) groups is 1.